The van der Waals surface area contributed by atoms with Crippen molar-refractivity contribution < 1.29 is 15.0 Å². The average Bonchev–Trinajstić information content (AvgIpc) is 2.35. The van der Waals surface area contributed by atoms with E-state index >= 15 is 0 Å². The van der Waals surface area contributed by atoms with Gasteiger partial charge in [0.1, 0.15) is 0 Å². The quantitative estimate of drug-likeness (QED) is 0.713. The van der Waals surface area contributed by atoms with E-state index in [0.717, 1.165) is 5.56 Å². The highest BCUT2D eigenvalue weighted by Gasteiger charge is 2.15. The van der Waals surface area contributed by atoms with Crippen LogP contribution in [0.1, 0.15) is 29.8 Å². The van der Waals surface area contributed by atoms with Crippen molar-refractivity contribution in [3.05, 3.63) is 35.4 Å². The molecule has 1 aromatic carbocycles. The maximum Gasteiger partial charge on any atom is 0.251 e. The fourth-order valence-electron chi connectivity index (χ4n) is 1.44. The second-order valence-electron chi connectivity index (χ2n) is 4.36. The Morgan fingerprint density at radius 1 is 1.24 bits per heavy atom. The van der Waals surface area contributed by atoms with E-state index in [1.165, 1.54) is 0 Å². The van der Waals surface area contributed by atoms with Gasteiger partial charge in [-0.25, -0.2) is 0 Å². The smallest absolute Gasteiger partial charge is 0.251 e. The Kier molecular flexibility index (Phi) is 5.12. The minimum absolute atomic E-state index is 0.0346. The Balaban J connectivity index is 2.68. The van der Waals surface area contributed by atoms with Crippen LogP contribution in [0, 0.1) is 5.92 Å². The standard InChI is InChI=1S/C13H19NO3/c1-9(2)12(8-16)14-13(17)11-5-3-10(7-15)4-6-11/h3-6,9,12,15-16H,7-8H2,1-2H3,(H,14,17)/t12-/m1/s1. The first-order chi connectivity index (χ1) is 8.08. The summed E-state index contributed by atoms with van der Waals surface area (Å²) in [6.45, 7) is 3.78. The summed E-state index contributed by atoms with van der Waals surface area (Å²) in [5.41, 5.74) is 1.30. The number of rotatable bonds is 5. The first-order valence-electron chi connectivity index (χ1n) is 5.70. The van der Waals surface area contributed by atoms with Gasteiger partial charge in [0.05, 0.1) is 19.3 Å². The van der Waals surface area contributed by atoms with E-state index in [1.807, 2.05) is 13.8 Å². The van der Waals surface area contributed by atoms with Crippen molar-refractivity contribution in [1.82, 2.24) is 5.32 Å². The van der Waals surface area contributed by atoms with Crippen LogP contribution in [0.3, 0.4) is 0 Å². The molecule has 0 saturated carbocycles. The van der Waals surface area contributed by atoms with E-state index < -0.39 is 0 Å². The molecule has 0 aromatic heterocycles. The fraction of sp³-hybridized carbons (Fsp3) is 0.462. The summed E-state index contributed by atoms with van der Waals surface area (Å²) in [6.07, 6.45) is 0. The van der Waals surface area contributed by atoms with Gasteiger partial charge in [0, 0.05) is 5.56 Å². The van der Waals surface area contributed by atoms with Crippen LogP contribution in [0.5, 0.6) is 0 Å². The highest BCUT2D eigenvalue weighted by molar-refractivity contribution is 5.94. The number of aliphatic hydroxyl groups is 2. The van der Waals surface area contributed by atoms with Crippen molar-refractivity contribution >= 4 is 5.91 Å². The molecule has 0 heterocycles. The number of benzene rings is 1. The van der Waals surface area contributed by atoms with Crippen LogP contribution < -0.4 is 5.32 Å². The highest BCUT2D eigenvalue weighted by atomic mass is 16.3. The van der Waals surface area contributed by atoms with Crippen molar-refractivity contribution in [3.8, 4) is 0 Å². The number of aliphatic hydroxyl groups excluding tert-OH is 2. The van der Waals surface area contributed by atoms with Crippen molar-refractivity contribution in [2.75, 3.05) is 6.61 Å². The highest BCUT2D eigenvalue weighted by Crippen LogP contribution is 2.06. The molecule has 1 amide bonds. The molecule has 1 rings (SSSR count). The summed E-state index contributed by atoms with van der Waals surface area (Å²) >= 11 is 0. The Morgan fingerprint density at radius 2 is 1.82 bits per heavy atom. The average molecular weight is 237 g/mol. The summed E-state index contributed by atoms with van der Waals surface area (Å²) in [7, 11) is 0. The molecule has 1 atom stereocenters. The van der Waals surface area contributed by atoms with Gasteiger partial charge in [-0.15, -0.1) is 0 Å². The van der Waals surface area contributed by atoms with Crippen LogP contribution in [0.2, 0.25) is 0 Å². The molecule has 0 bridgehead atoms. The normalized spacial score (nSPS) is 12.5. The van der Waals surface area contributed by atoms with Crippen molar-refractivity contribution in [1.29, 1.82) is 0 Å². The lowest BCUT2D eigenvalue weighted by molar-refractivity contribution is 0.0897. The molecule has 0 saturated heterocycles. The minimum atomic E-state index is -0.236. The molecule has 1 aromatic rings. The Bertz CT molecular complexity index is 359. The molecular formula is C13H19NO3. The topological polar surface area (TPSA) is 69.6 Å². The lowest BCUT2D eigenvalue weighted by Crippen LogP contribution is -2.41. The van der Waals surface area contributed by atoms with E-state index in [9.17, 15) is 4.79 Å². The molecule has 0 aliphatic rings. The summed E-state index contributed by atoms with van der Waals surface area (Å²) in [5, 5.41) is 20.8. The fourth-order valence-corrected chi connectivity index (χ4v) is 1.44. The number of carbonyl (C=O) groups excluding carboxylic acids is 1. The Hall–Kier alpha value is -1.39. The van der Waals surface area contributed by atoms with Gasteiger partial charge < -0.3 is 15.5 Å². The molecule has 0 unspecified atom stereocenters. The summed E-state index contributed by atoms with van der Waals surface area (Å²) in [6, 6.07) is 6.50. The van der Waals surface area contributed by atoms with Crippen LogP contribution in [-0.2, 0) is 6.61 Å². The van der Waals surface area contributed by atoms with Crippen molar-refractivity contribution in [2.24, 2.45) is 5.92 Å². The van der Waals surface area contributed by atoms with Gasteiger partial charge in [-0.05, 0) is 23.6 Å². The van der Waals surface area contributed by atoms with E-state index in [1.54, 1.807) is 24.3 Å². The van der Waals surface area contributed by atoms with Gasteiger partial charge in [-0.1, -0.05) is 26.0 Å². The summed E-state index contributed by atoms with van der Waals surface area (Å²) in [4.78, 5) is 11.8. The third-order valence-electron chi connectivity index (χ3n) is 2.72. The molecule has 4 nitrogen and oxygen atoms in total. The molecule has 3 N–H and O–H groups in total. The minimum Gasteiger partial charge on any atom is -0.394 e. The van der Waals surface area contributed by atoms with Gasteiger partial charge in [0.15, 0.2) is 0 Å². The molecule has 94 valence electrons. The van der Waals surface area contributed by atoms with E-state index in [2.05, 4.69) is 5.32 Å². The summed E-state index contributed by atoms with van der Waals surface area (Å²) < 4.78 is 0. The lowest BCUT2D eigenvalue weighted by atomic mass is 10.0. The van der Waals surface area contributed by atoms with Crippen LogP contribution in [0.4, 0.5) is 0 Å². The molecule has 17 heavy (non-hydrogen) atoms. The summed E-state index contributed by atoms with van der Waals surface area (Å²) in [5.74, 6) is -0.0251. The van der Waals surface area contributed by atoms with Crippen LogP contribution in [0.15, 0.2) is 24.3 Å². The van der Waals surface area contributed by atoms with Gasteiger partial charge in [-0.2, -0.15) is 0 Å². The maximum atomic E-state index is 11.8. The first-order valence-corrected chi connectivity index (χ1v) is 5.70. The molecule has 0 fully saturated rings. The lowest BCUT2D eigenvalue weighted by Gasteiger charge is -2.19. The number of carbonyl (C=O) groups is 1. The molecule has 0 spiro atoms. The van der Waals surface area contributed by atoms with Gasteiger partial charge in [0.25, 0.3) is 5.91 Å². The van der Waals surface area contributed by atoms with Crippen LogP contribution in [0.25, 0.3) is 0 Å². The van der Waals surface area contributed by atoms with Crippen molar-refractivity contribution in [3.63, 3.8) is 0 Å². The van der Waals surface area contributed by atoms with Crippen LogP contribution in [-0.4, -0.2) is 28.8 Å². The van der Waals surface area contributed by atoms with Crippen LogP contribution >= 0.6 is 0 Å². The van der Waals surface area contributed by atoms with Gasteiger partial charge in [0.2, 0.25) is 0 Å². The Morgan fingerprint density at radius 3 is 2.24 bits per heavy atom. The van der Waals surface area contributed by atoms with E-state index in [-0.39, 0.29) is 31.1 Å². The van der Waals surface area contributed by atoms with E-state index in [0.29, 0.717) is 5.56 Å². The number of amides is 1. The molecule has 0 radical (unpaired) electrons. The molecule has 0 aliphatic heterocycles. The zero-order valence-electron chi connectivity index (χ0n) is 10.2. The third kappa shape index (κ3) is 3.84. The largest absolute Gasteiger partial charge is 0.394 e. The molecule has 4 heteroatoms. The zero-order chi connectivity index (χ0) is 12.8. The molecular weight excluding hydrogens is 218 g/mol. The zero-order valence-corrected chi connectivity index (χ0v) is 10.2. The number of nitrogens with one attached hydrogen (secondary N) is 1. The SMILES string of the molecule is CC(C)[C@@H](CO)NC(=O)c1ccc(CO)cc1. The molecule has 0 aliphatic carbocycles. The van der Waals surface area contributed by atoms with Gasteiger partial charge >= 0.3 is 0 Å². The number of hydrogen-bond acceptors (Lipinski definition) is 3. The second-order valence-corrected chi connectivity index (χ2v) is 4.36. The first kappa shape index (κ1) is 13.7. The predicted octanol–water partition coefficient (Wildman–Crippen LogP) is 0.926. The Labute approximate surface area is 101 Å². The maximum absolute atomic E-state index is 11.8. The number of hydrogen-bond donors (Lipinski definition) is 3. The van der Waals surface area contributed by atoms with Gasteiger partial charge in [-0.3, -0.25) is 4.79 Å². The monoisotopic (exact) mass is 237 g/mol. The second kappa shape index (κ2) is 6.37. The predicted molar refractivity (Wildman–Crippen MR) is 65.5 cm³/mol. The van der Waals surface area contributed by atoms with E-state index in [4.69, 9.17) is 10.2 Å². The third-order valence-corrected chi connectivity index (χ3v) is 2.72. The van der Waals surface area contributed by atoms with Crippen molar-refractivity contribution in [2.45, 2.75) is 26.5 Å².